The molecule has 0 bridgehead atoms. The van der Waals surface area contributed by atoms with Crippen molar-refractivity contribution in [3.8, 4) is 17.2 Å². The van der Waals surface area contributed by atoms with Crippen molar-refractivity contribution in [2.24, 2.45) is 4.99 Å². The average molecular weight is 504 g/mol. The number of hydrogen-bond donors (Lipinski definition) is 2. The number of aliphatic imine (C=N–C) groups is 1. The Morgan fingerprint density at radius 2 is 1.83 bits per heavy atom. The van der Waals surface area contributed by atoms with Gasteiger partial charge in [-0.3, -0.25) is 9.59 Å². The predicted octanol–water partition coefficient (Wildman–Crippen LogP) is 4.92. The van der Waals surface area contributed by atoms with Crippen molar-refractivity contribution in [2.75, 3.05) is 26.1 Å². The number of methoxy groups -OCH3 is 2. The summed E-state index contributed by atoms with van der Waals surface area (Å²) in [6, 6.07) is 20.0. The highest BCUT2D eigenvalue weighted by Crippen LogP contribution is 2.32. The van der Waals surface area contributed by atoms with Gasteiger partial charge in [0.25, 0.3) is 11.8 Å². The fraction of sp³-hybridized carbons (Fsp3) is 0.148. The van der Waals surface area contributed by atoms with Crippen LogP contribution in [0.25, 0.3) is 6.08 Å². The normalized spacial score (nSPS) is 15.0. The van der Waals surface area contributed by atoms with Gasteiger partial charge in [-0.15, -0.1) is 0 Å². The Labute approximate surface area is 213 Å². The number of thioether (sulfide) groups is 1. The van der Waals surface area contributed by atoms with E-state index < -0.39 is 0 Å². The van der Waals surface area contributed by atoms with Crippen molar-refractivity contribution < 1.29 is 23.8 Å². The van der Waals surface area contributed by atoms with Gasteiger partial charge in [0.2, 0.25) is 0 Å². The zero-order valence-electron chi connectivity index (χ0n) is 20.0. The second kappa shape index (κ2) is 11.5. The zero-order valence-corrected chi connectivity index (χ0v) is 20.8. The maximum atomic E-state index is 12.4. The molecule has 0 atom stereocenters. The van der Waals surface area contributed by atoms with Crippen molar-refractivity contribution in [1.29, 1.82) is 0 Å². The molecule has 1 heterocycles. The Kier molecular flexibility index (Phi) is 7.92. The maximum absolute atomic E-state index is 12.4. The first-order valence-corrected chi connectivity index (χ1v) is 11.9. The number of aryl methyl sites for hydroxylation is 1. The largest absolute Gasteiger partial charge is 0.497 e. The molecule has 2 N–H and O–H groups in total. The minimum atomic E-state index is -0.281. The highest BCUT2D eigenvalue weighted by atomic mass is 32.2. The lowest BCUT2D eigenvalue weighted by molar-refractivity contribution is -0.118. The van der Waals surface area contributed by atoms with Crippen molar-refractivity contribution >= 4 is 46.2 Å². The molecule has 0 saturated carbocycles. The number of amides is 2. The first-order chi connectivity index (χ1) is 17.4. The number of amidine groups is 1. The molecule has 3 aromatic rings. The van der Waals surface area contributed by atoms with Crippen molar-refractivity contribution in [2.45, 2.75) is 6.92 Å². The van der Waals surface area contributed by atoms with Crippen LogP contribution in [0.15, 0.2) is 76.6 Å². The molecule has 0 aliphatic carbocycles. The number of hydrogen-bond acceptors (Lipinski definition) is 7. The third kappa shape index (κ3) is 6.45. The quantitative estimate of drug-likeness (QED) is 0.424. The lowest BCUT2D eigenvalue weighted by atomic mass is 10.2. The number of carbonyl (C=O) groups excluding carboxylic acids is 2. The van der Waals surface area contributed by atoms with Crippen LogP contribution in [0.5, 0.6) is 17.2 Å². The molecule has 0 aromatic heterocycles. The SMILES string of the molecule is COc1ccc(N=C2NC(=O)/C(=C/c3ccc(OCC(=O)Nc4cccc(C)c4)c(OC)c3)S2)cc1. The van der Waals surface area contributed by atoms with Crippen LogP contribution in [0.1, 0.15) is 11.1 Å². The highest BCUT2D eigenvalue weighted by molar-refractivity contribution is 8.18. The van der Waals surface area contributed by atoms with Crippen molar-refractivity contribution in [1.82, 2.24) is 5.32 Å². The molecule has 1 fully saturated rings. The van der Waals surface area contributed by atoms with E-state index in [1.165, 1.54) is 18.9 Å². The van der Waals surface area contributed by atoms with Crippen molar-refractivity contribution in [3.05, 3.63) is 82.8 Å². The Hall–Kier alpha value is -4.24. The minimum Gasteiger partial charge on any atom is -0.497 e. The number of rotatable bonds is 8. The zero-order chi connectivity index (χ0) is 25.5. The fourth-order valence-corrected chi connectivity index (χ4v) is 4.20. The average Bonchev–Trinajstić information content (AvgIpc) is 3.21. The molecule has 8 nitrogen and oxygen atoms in total. The van der Waals surface area contributed by atoms with E-state index in [2.05, 4.69) is 15.6 Å². The van der Waals surface area contributed by atoms with Crippen LogP contribution in [0, 0.1) is 6.92 Å². The molecule has 1 saturated heterocycles. The van der Waals surface area contributed by atoms with Gasteiger partial charge in [-0.05, 0) is 84.4 Å². The summed E-state index contributed by atoms with van der Waals surface area (Å²) >= 11 is 1.25. The Bertz CT molecular complexity index is 1340. The molecule has 1 aliphatic rings. The van der Waals surface area contributed by atoms with Crippen LogP contribution in [-0.2, 0) is 9.59 Å². The van der Waals surface area contributed by atoms with E-state index in [0.717, 1.165) is 16.9 Å². The Morgan fingerprint density at radius 3 is 2.56 bits per heavy atom. The standard InChI is InChI=1S/C27H25N3O5S/c1-17-5-4-6-20(13-17)28-25(31)16-35-22-12-7-18(14-23(22)34-3)15-24-26(32)30-27(36-24)29-19-8-10-21(33-2)11-9-19/h4-15H,16H2,1-3H3,(H,28,31)(H,29,30,32)/b24-15-. The van der Waals surface area contributed by atoms with Gasteiger partial charge >= 0.3 is 0 Å². The minimum absolute atomic E-state index is 0.172. The second-order valence-electron chi connectivity index (χ2n) is 7.80. The molecule has 1 aliphatic heterocycles. The topological polar surface area (TPSA) is 98.3 Å². The highest BCUT2D eigenvalue weighted by Gasteiger charge is 2.24. The summed E-state index contributed by atoms with van der Waals surface area (Å²) in [6.45, 7) is 1.78. The molecule has 0 spiro atoms. The van der Waals surface area contributed by atoms with Gasteiger partial charge in [0.1, 0.15) is 5.75 Å². The van der Waals surface area contributed by atoms with E-state index in [4.69, 9.17) is 14.2 Å². The molecule has 0 unspecified atom stereocenters. The number of ether oxygens (including phenoxy) is 3. The molecule has 36 heavy (non-hydrogen) atoms. The Morgan fingerprint density at radius 1 is 1.03 bits per heavy atom. The summed E-state index contributed by atoms with van der Waals surface area (Å²) in [5.41, 5.74) is 3.20. The van der Waals surface area contributed by atoms with Crippen molar-refractivity contribution in [3.63, 3.8) is 0 Å². The smallest absolute Gasteiger partial charge is 0.264 e. The van der Waals surface area contributed by atoms with E-state index in [9.17, 15) is 9.59 Å². The summed E-state index contributed by atoms with van der Waals surface area (Å²) in [4.78, 5) is 29.7. The summed E-state index contributed by atoms with van der Waals surface area (Å²) in [6.07, 6.45) is 1.74. The number of nitrogens with one attached hydrogen (secondary N) is 2. The molecule has 0 radical (unpaired) electrons. The van der Waals surface area contributed by atoms with Crippen LogP contribution in [0.3, 0.4) is 0 Å². The van der Waals surface area contributed by atoms with Gasteiger partial charge in [-0.2, -0.15) is 0 Å². The molecular formula is C27H25N3O5S. The lowest BCUT2D eigenvalue weighted by Gasteiger charge is -2.12. The van der Waals surface area contributed by atoms with Gasteiger partial charge in [-0.1, -0.05) is 18.2 Å². The van der Waals surface area contributed by atoms with E-state index in [0.29, 0.717) is 32.9 Å². The molecule has 184 valence electrons. The summed E-state index contributed by atoms with van der Waals surface area (Å²) < 4.78 is 16.3. The third-order valence-corrected chi connectivity index (χ3v) is 6.01. The van der Waals surface area contributed by atoms with Gasteiger partial charge in [-0.25, -0.2) is 4.99 Å². The van der Waals surface area contributed by atoms with Crippen LogP contribution >= 0.6 is 11.8 Å². The van der Waals surface area contributed by atoms with Crippen LogP contribution in [0.2, 0.25) is 0 Å². The summed E-state index contributed by atoms with van der Waals surface area (Å²) in [5.74, 6) is 1.08. The number of nitrogens with zero attached hydrogens (tertiary/aromatic N) is 1. The van der Waals surface area contributed by atoms with Crippen LogP contribution < -0.4 is 24.8 Å². The maximum Gasteiger partial charge on any atom is 0.264 e. The van der Waals surface area contributed by atoms with Gasteiger partial charge in [0.15, 0.2) is 23.3 Å². The number of carbonyl (C=O) groups is 2. The molecule has 3 aromatic carbocycles. The molecule has 2 amide bonds. The Balaban J connectivity index is 1.41. The van der Waals surface area contributed by atoms with Crippen LogP contribution in [-0.4, -0.2) is 37.8 Å². The van der Waals surface area contributed by atoms with Gasteiger partial charge in [0, 0.05) is 5.69 Å². The molecule has 4 rings (SSSR count). The first-order valence-electron chi connectivity index (χ1n) is 11.0. The van der Waals surface area contributed by atoms with Gasteiger partial charge in [0.05, 0.1) is 24.8 Å². The molecular weight excluding hydrogens is 478 g/mol. The second-order valence-corrected chi connectivity index (χ2v) is 8.83. The fourth-order valence-electron chi connectivity index (χ4n) is 3.36. The van der Waals surface area contributed by atoms with E-state index >= 15 is 0 Å². The summed E-state index contributed by atoms with van der Waals surface area (Å²) in [7, 11) is 3.12. The summed E-state index contributed by atoms with van der Waals surface area (Å²) in [5, 5.41) is 6.06. The third-order valence-electron chi connectivity index (χ3n) is 5.10. The van der Waals surface area contributed by atoms with E-state index in [1.807, 2.05) is 43.3 Å². The van der Waals surface area contributed by atoms with Crippen LogP contribution in [0.4, 0.5) is 11.4 Å². The van der Waals surface area contributed by atoms with E-state index in [-0.39, 0.29) is 18.4 Å². The number of benzene rings is 3. The lowest BCUT2D eigenvalue weighted by Crippen LogP contribution is -2.20. The van der Waals surface area contributed by atoms with Gasteiger partial charge < -0.3 is 24.8 Å². The monoisotopic (exact) mass is 503 g/mol. The first kappa shape index (κ1) is 24.9. The molecule has 9 heteroatoms. The number of anilines is 1. The van der Waals surface area contributed by atoms with E-state index in [1.54, 1.807) is 43.5 Å². The predicted molar refractivity (Wildman–Crippen MR) is 142 cm³/mol.